The van der Waals surface area contributed by atoms with Gasteiger partial charge in [0.25, 0.3) is 0 Å². The van der Waals surface area contributed by atoms with Gasteiger partial charge in [0.2, 0.25) is 5.91 Å². The fraction of sp³-hybridized carbons (Fsp3) is 0.938. The highest BCUT2D eigenvalue weighted by Crippen LogP contribution is 2.28. The van der Waals surface area contributed by atoms with Crippen LogP contribution in [0.5, 0.6) is 0 Å². The molecule has 2 aliphatic rings. The van der Waals surface area contributed by atoms with E-state index in [9.17, 15) is 40.5 Å². The molecule has 5 unspecified atom stereocenters. The first kappa shape index (κ1) is 26.6. The first-order valence-electron chi connectivity index (χ1n) is 9.58. The molecule has 2 heterocycles. The van der Waals surface area contributed by atoms with Crippen molar-refractivity contribution in [1.29, 1.82) is 0 Å². The first-order valence-corrected chi connectivity index (χ1v) is 10.2. The average molecular weight is 474 g/mol. The second-order valence-electron chi connectivity index (χ2n) is 7.04. The fourth-order valence-electron chi connectivity index (χ4n) is 3.12. The molecule has 0 aromatic carbocycles. The van der Waals surface area contributed by atoms with E-state index in [1.807, 2.05) is 0 Å². The molecule has 0 spiro atoms. The second kappa shape index (κ2) is 12.5. The summed E-state index contributed by atoms with van der Waals surface area (Å²) in [5.74, 6) is -0.0287. The molecule has 14 nitrogen and oxygen atoms in total. The van der Waals surface area contributed by atoms with Gasteiger partial charge in [0.15, 0.2) is 12.5 Å². The Labute approximate surface area is 183 Å². The van der Waals surface area contributed by atoms with Gasteiger partial charge in [-0.2, -0.15) is 18.1 Å². The Hall–Kier alpha value is -0.660. The topological polar surface area (TPSA) is 220 Å². The number of hydrogen-bond acceptors (Lipinski definition) is 14. The van der Waals surface area contributed by atoms with E-state index in [0.29, 0.717) is 12.3 Å². The minimum atomic E-state index is -1.75. The molecule has 0 bridgehead atoms. The summed E-state index contributed by atoms with van der Waals surface area (Å²) in [5.41, 5.74) is 2.27. The van der Waals surface area contributed by atoms with Gasteiger partial charge in [0, 0.05) is 12.3 Å². The Kier molecular flexibility index (Phi) is 10.8. The van der Waals surface area contributed by atoms with E-state index in [2.05, 4.69) is 23.4 Å². The minimum absolute atomic E-state index is 0.329. The lowest BCUT2D eigenvalue weighted by Gasteiger charge is -2.46. The number of rotatable bonds is 10. The molecule has 182 valence electrons. The van der Waals surface area contributed by atoms with E-state index >= 15 is 0 Å². The van der Waals surface area contributed by atoms with Gasteiger partial charge < -0.3 is 55.3 Å². The molecule has 10 atom stereocenters. The van der Waals surface area contributed by atoms with Crippen molar-refractivity contribution in [3.63, 3.8) is 0 Å². The second-order valence-corrected chi connectivity index (χ2v) is 7.48. The van der Waals surface area contributed by atoms with E-state index in [-0.39, 0.29) is 0 Å². The lowest BCUT2D eigenvalue weighted by Crippen LogP contribution is -2.66. The predicted octanol–water partition coefficient (Wildman–Crippen LogP) is -5.82. The molecule has 0 aromatic heterocycles. The average Bonchev–Trinajstić information content (AvgIpc) is 2.76. The monoisotopic (exact) mass is 474 g/mol. The standard InChI is InChI=1S/C16H30N2O12S/c19-3-6-9(22)10(23)13(26)16(29-6)30-14-7(4-20)28-15(12(25)11(14)24)18-27-5-8(21)17-1-2-31/h6-7,9-16,18-20,22-26,31H,1-5H2,(H,17,21)/t6?,7?,9-,10+,11?,12?,13?,14-,15-,16-/m1/s1. The predicted molar refractivity (Wildman–Crippen MR) is 102 cm³/mol. The van der Waals surface area contributed by atoms with Crippen molar-refractivity contribution in [2.75, 3.05) is 32.1 Å². The number of ether oxygens (including phenoxy) is 3. The number of nitrogens with one attached hydrogen (secondary N) is 2. The molecule has 2 rings (SSSR count). The molecule has 0 saturated carbocycles. The highest BCUT2D eigenvalue weighted by Gasteiger charge is 2.50. The lowest BCUT2D eigenvalue weighted by molar-refractivity contribution is -0.347. The van der Waals surface area contributed by atoms with Gasteiger partial charge in [-0.05, 0) is 0 Å². The molecular formula is C16H30N2O12S. The molecule has 15 heteroatoms. The van der Waals surface area contributed by atoms with Gasteiger partial charge in [-0.1, -0.05) is 0 Å². The van der Waals surface area contributed by atoms with E-state index < -0.39 is 87.1 Å². The Morgan fingerprint density at radius 3 is 2.19 bits per heavy atom. The normalized spacial score (nSPS) is 41.2. The largest absolute Gasteiger partial charge is 0.394 e. The zero-order chi connectivity index (χ0) is 23.1. The van der Waals surface area contributed by atoms with Gasteiger partial charge in [-0.3, -0.25) is 9.63 Å². The van der Waals surface area contributed by atoms with Gasteiger partial charge >= 0.3 is 0 Å². The van der Waals surface area contributed by atoms with Crippen LogP contribution >= 0.6 is 12.6 Å². The van der Waals surface area contributed by atoms with E-state index in [0.717, 1.165) is 0 Å². The number of amides is 1. The molecular weight excluding hydrogens is 444 g/mol. The third-order valence-electron chi connectivity index (χ3n) is 4.84. The molecule has 31 heavy (non-hydrogen) atoms. The van der Waals surface area contributed by atoms with Crippen LogP contribution in [0.2, 0.25) is 0 Å². The number of hydrogen-bond donors (Lipinski definition) is 10. The lowest BCUT2D eigenvalue weighted by atomic mass is 9.96. The van der Waals surface area contributed by atoms with Crippen molar-refractivity contribution in [3.05, 3.63) is 0 Å². The van der Waals surface area contributed by atoms with Crippen molar-refractivity contribution >= 4 is 18.5 Å². The van der Waals surface area contributed by atoms with Crippen molar-refractivity contribution in [2.24, 2.45) is 0 Å². The highest BCUT2D eigenvalue weighted by atomic mass is 32.1. The van der Waals surface area contributed by atoms with Crippen LogP contribution in [0.4, 0.5) is 0 Å². The zero-order valence-electron chi connectivity index (χ0n) is 16.4. The maximum atomic E-state index is 11.5. The van der Waals surface area contributed by atoms with E-state index in [1.54, 1.807) is 0 Å². The van der Waals surface area contributed by atoms with Crippen LogP contribution in [-0.2, 0) is 23.8 Å². The third-order valence-corrected chi connectivity index (χ3v) is 5.06. The summed E-state index contributed by atoms with van der Waals surface area (Å²) in [4.78, 5) is 16.4. The maximum absolute atomic E-state index is 11.5. The van der Waals surface area contributed by atoms with Crippen LogP contribution in [0.1, 0.15) is 0 Å². The quantitative estimate of drug-likeness (QED) is 0.105. The number of aliphatic hydroxyl groups is 7. The maximum Gasteiger partial charge on any atom is 0.248 e. The van der Waals surface area contributed by atoms with Crippen molar-refractivity contribution in [3.8, 4) is 0 Å². The number of carbonyl (C=O) groups excluding carboxylic acids is 1. The summed E-state index contributed by atoms with van der Waals surface area (Å²) >= 11 is 3.94. The van der Waals surface area contributed by atoms with Crippen molar-refractivity contribution in [1.82, 2.24) is 10.8 Å². The number of aliphatic hydroxyl groups excluding tert-OH is 7. The smallest absolute Gasteiger partial charge is 0.248 e. The molecule has 0 radical (unpaired) electrons. The van der Waals surface area contributed by atoms with Crippen LogP contribution < -0.4 is 10.8 Å². The molecule has 1 amide bonds. The van der Waals surface area contributed by atoms with Crippen LogP contribution in [0.25, 0.3) is 0 Å². The Morgan fingerprint density at radius 1 is 0.903 bits per heavy atom. The number of carbonyl (C=O) groups is 1. The summed E-state index contributed by atoms with van der Waals surface area (Å²) in [6.45, 7) is -1.47. The molecule has 2 saturated heterocycles. The Bertz CT molecular complexity index is 559. The van der Waals surface area contributed by atoms with Gasteiger partial charge in [-0.15, -0.1) is 0 Å². The SMILES string of the molecule is O=C(CON[C@@H]1OC(CO)[C@@H](O[C@H]2OC(CO)[C@@H](O)[C@H](O)C2O)C(O)C1O)NCCS. The van der Waals surface area contributed by atoms with Crippen LogP contribution in [0.3, 0.4) is 0 Å². The number of thiol groups is 1. The molecule has 0 aromatic rings. The van der Waals surface area contributed by atoms with Gasteiger partial charge in [0.1, 0.15) is 55.4 Å². The van der Waals surface area contributed by atoms with E-state index in [1.165, 1.54) is 0 Å². The van der Waals surface area contributed by atoms with Crippen LogP contribution in [0, 0.1) is 0 Å². The fourth-order valence-corrected chi connectivity index (χ4v) is 3.23. The van der Waals surface area contributed by atoms with Crippen LogP contribution in [0.15, 0.2) is 0 Å². The van der Waals surface area contributed by atoms with Crippen molar-refractivity contribution < 1.29 is 59.6 Å². The molecule has 2 aliphatic heterocycles. The van der Waals surface area contributed by atoms with Crippen molar-refractivity contribution in [2.45, 2.75) is 61.3 Å². The summed E-state index contributed by atoms with van der Waals surface area (Å²) in [6.07, 6.45) is -15.3. The summed E-state index contributed by atoms with van der Waals surface area (Å²) in [6, 6.07) is 0. The van der Waals surface area contributed by atoms with Gasteiger partial charge in [0.05, 0.1) is 13.2 Å². The summed E-state index contributed by atoms with van der Waals surface area (Å²) in [5, 5.41) is 71.8. The Morgan fingerprint density at radius 2 is 1.58 bits per heavy atom. The zero-order valence-corrected chi connectivity index (χ0v) is 17.3. The first-order chi connectivity index (χ1) is 14.7. The molecule has 9 N–H and O–H groups in total. The van der Waals surface area contributed by atoms with E-state index in [4.69, 9.17) is 19.0 Å². The molecule has 2 fully saturated rings. The minimum Gasteiger partial charge on any atom is -0.394 e. The number of hydroxylamine groups is 1. The van der Waals surface area contributed by atoms with Gasteiger partial charge in [-0.25, -0.2) is 0 Å². The Balaban J connectivity index is 1.96. The van der Waals surface area contributed by atoms with Crippen LogP contribution in [-0.4, -0.2) is 135 Å². The highest BCUT2D eigenvalue weighted by molar-refractivity contribution is 7.80. The summed E-state index contributed by atoms with van der Waals surface area (Å²) < 4.78 is 16.0. The third kappa shape index (κ3) is 6.67. The summed E-state index contributed by atoms with van der Waals surface area (Å²) in [7, 11) is 0. The molecule has 0 aliphatic carbocycles.